The SMILES string of the molecule is CCOC(=O)C(Cc1ccc(F)cc1)CS(=O)(=O)C(C)(C)C(=O)N1CCOCC1. The molecule has 1 aliphatic heterocycles. The lowest BCUT2D eigenvalue weighted by Crippen LogP contribution is -2.54. The minimum atomic E-state index is -4.01. The Bertz CT molecular complexity index is 816. The third-order valence-corrected chi connectivity index (χ3v) is 7.60. The smallest absolute Gasteiger partial charge is 0.310 e. The predicted molar refractivity (Wildman–Crippen MR) is 105 cm³/mol. The fourth-order valence-electron chi connectivity index (χ4n) is 3.13. The Morgan fingerprint density at radius 3 is 2.34 bits per heavy atom. The lowest BCUT2D eigenvalue weighted by atomic mass is 10.0. The van der Waals surface area contributed by atoms with Gasteiger partial charge in [0.1, 0.15) is 10.6 Å². The minimum Gasteiger partial charge on any atom is -0.466 e. The van der Waals surface area contributed by atoms with E-state index in [4.69, 9.17) is 9.47 Å². The molecule has 0 radical (unpaired) electrons. The van der Waals surface area contributed by atoms with Gasteiger partial charge >= 0.3 is 5.97 Å². The molecule has 1 aromatic rings. The molecule has 29 heavy (non-hydrogen) atoms. The number of rotatable bonds is 8. The van der Waals surface area contributed by atoms with E-state index < -0.39 is 43.9 Å². The van der Waals surface area contributed by atoms with Crippen molar-refractivity contribution in [3.63, 3.8) is 0 Å². The first-order chi connectivity index (χ1) is 13.6. The number of benzene rings is 1. The molecule has 1 amide bonds. The van der Waals surface area contributed by atoms with Crippen LogP contribution in [0.5, 0.6) is 0 Å². The fourth-order valence-corrected chi connectivity index (χ4v) is 4.72. The molecule has 1 fully saturated rings. The number of halogens is 1. The highest BCUT2D eigenvalue weighted by molar-refractivity contribution is 7.93. The van der Waals surface area contributed by atoms with Crippen molar-refractivity contribution in [2.45, 2.75) is 31.9 Å². The summed E-state index contributed by atoms with van der Waals surface area (Å²) in [6, 6.07) is 5.49. The van der Waals surface area contributed by atoms with Gasteiger partial charge in [0.05, 0.1) is 31.5 Å². The summed E-state index contributed by atoms with van der Waals surface area (Å²) >= 11 is 0. The first-order valence-corrected chi connectivity index (χ1v) is 11.2. The largest absolute Gasteiger partial charge is 0.466 e. The molecule has 1 aliphatic rings. The van der Waals surface area contributed by atoms with E-state index in [-0.39, 0.29) is 13.0 Å². The molecule has 1 heterocycles. The molecule has 2 rings (SSSR count). The first kappa shape index (κ1) is 23.3. The van der Waals surface area contributed by atoms with Crippen LogP contribution in [-0.2, 0) is 35.3 Å². The van der Waals surface area contributed by atoms with E-state index >= 15 is 0 Å². The lowest BCUT2D eigenvalue weighted by molar-refractivity contribution is -0.147. The molecule has 7 nitrogen and oxygen atoms in total. The Morgan fingerprint density at radius 2 is 1.79 bits per heavy atom. The molecule has 0 N–H and O–H groups in total. The van der Waals surface area contributed by atoms with Crippen LogP contribution in [0.1, 0.15) is 26.3 Å². The third kappa shape index (κ3) is 5.76. The van der Waals surface area contributed by atoms with Crippen molar-refractivity contribution in [1.29, 1.82) is 0 Å². The summed E-state index contributed by atoms with van der Waals surface area (Å²) in [6.45, 7) is 5.84. The molecule has 1 saturated heterocycles. The van der Waals surface area contributed by atoms with Crippen LogP contribution in [0.2, 0.25) is 0 Å². The molecule has 0 aromatic heterocycles. The number of carbonyl (C=O) groups excluding carboxylic acids is 2. The van der Waals surface area contributed by atoms with E-state index in [0.717, 1.165) is 0 Å². The molecule has 0 bridgehead atoms. The Hall–Kier alpha value is -2.00. The van der Waals surface area contributed by atoms with Crippen molar-refractivity contribution in [2.75, 3.05) is 38.7 Å². The van der Waals surface area contributed by atoms with Crippen molar-refractivity contribution in [3.05, 3.63) is 35.6 Å². The van der Waals surface area contributed by atoms with E-state index in [1.807, 2.05) is 0 Å². The van der Waals surface area contributed by atoms with Crippen LogP contribution in [-0.4, -0.2) is 68.6 Å². The topological polar surface area (TPSA) is 90.0 Å². The van der Waals surface area contributed by atoms with Crippen molar-refractivity contribution in [3.8, 4) is 0 Å². The van der Waals surface area contributed by atoms with Crippen LogP contribution in [0, 0.1) is 11.7 Å². The second-order valence-electron chi connectivity index (χ2n) is 7.48. The van der Waals surface area contributed by atoms with Crippen LogP contribution >= 0.6 is 0 Å². The Labute approximate surface area is 171 Å². The van der Waals surface area contributed by atoms with Crippen LogP contribution in [0.4, 0.5) is 4.39 Å². The molecule has 1 unspecified atom stereocenters. The van der Waals surface area contributed by atoms with E-state index in [1.54, 1.807) is 6.92 Å². The zero-order valence-corrected chi connectivity index (χ0v) is 17.8. The molecule has 0 spiro atoms. The predicted octanol–water partition coefficient (Wildman–Crippen LogP) is 1.60. The summed E-state index contributed by atoms with van der Waals surface area (Å²) in [4.78, 5) is 26.8. The van der Waals surface area contributed by atoms with Gasteiger partial charge in [-0.1, -0.05) is 12.1 Å². The monoisotopic (exact) mass is 429 g/mol. The first-order valence-electron chi connectivity index (χ1n) is 9.59. The van der Waals surface area contributed by atoms with Crippen molar-refractivity contribution in [1.82, 2.24) is 4.90 Å². The molecule has 1 aromatic carbocycles. The van der Waals surface area contributed by atoms with Gasteiger partial charge in [-0.3, -0.25) is 9.59 Å². The van der Waals surface area contributed by atoms with Crippen LogP contribution in [0.15, 0.2) is 24.3 Å². The highest BCUT2D eigenvalue weighted by Gasteiger charge is 2.46. The number of carbonyl (C=O) groups is 2. The lowest BCUT2D eigenvalue weighted by Gasteiger charge is -2.34. The van der Waals surface area contributed by atoms with Crippen molar-refractivity contribution >= 4 is 21.7 Å². The fraction of sp³-hybridized carbons (Fsp3) is 0.600. The van der Waals surface area contributed by atoms with Gasteiger partial charge in [-0.25, -0.2) is 12.8 Å². The summed E-state index contributed by atoms with van der Waals surface area (Å²) in [5.41, 5.74) is 0.608. The van der Waals surface area contributed by atoms with Gasteiger partial charge in [0.25, 0.3) is 0 Å². The number of sulfone groups is 1. The van der Waals surface area contributed by atoms with Crippen LogP contribution in [0.3, 0.4) is 0 Å². The number of morpholine rings is 1. The number of esters is 1. The zero-order valence-electron chi connectivity index (χ0n) is 17.0. The molecular weight excluding hydrogens is 401 g/mol. The van der Waals surface area contributed by atoms with E-state index in [9.17, 15) is 22.4 Å². The van der Waals surface area contributed by atoms with Gasteiger partial charge in [-0.2, -0.15) is 0 Å². The number of hydrogen-bond acceptors (Lipinski definition) is 6. The average Bonchev–Trinajstić information content (AvgIpc) is 2.69. The van der Waals surface area contributed by atoms with E-state index in [0.29, 0.717) is 31.9 Å². The number of hydrogen-bond donors (Lipinski definition) is 0. The van der Waals surface area contributed by atoms with E-state index in [1.165, 1.54) is 43.0 Å². The van der Waals surface area contributed by atoms with Gasteiger partial charge in [0, 0.05) is 13.1 Å². The summed E-state index contributed by atoms with van der Waals surface area (Å²) < 4.78 is 48.0. The van der Waals surface area contributed by atoms with Gasteiger partial charge in [-0.15, -0.1) is 0 Å². The summed E-state index contributed by atoms with van der Waals surface area (Å²) in [7, 11) is -4.01. The minimum absolute atomic E-state index is 0.0696. The summed E-state index contributed by atoms with van der Waals surface area (Å²) in [6.07, 6.45) is 0.0696. The Kier molecular flexibility index (Phi) is 7.76. The summed E-state index contributed by atoms with van der Waals surface area (Å²) in [5.74, 6) is -3.12. The molecule has 1 atom stereocenters. The number of amides is 1. The maximum atomic E-state index is 13.2. The van der Waals surface area contributed by atoms with Gasteiger partial charge in [0.2, 0.25) is 5.91 Å². The van der Waals surface area contributed by atoms with Crippen molar-refractivity contribution < 1.29 is 31.9 Å². The zero-order chi connectivity index (χ0) is 21.7. The van der Waals surface area contributed by atoms with Gasteiger partial charge in [-0.05, 0) is 44.9 Å². The standard InChI is InChI=1S/C20H28FNO6S/c1-4-28-18(23)16(13-15-5-7-17(21)8-6-15)14-29(25,26)20(2,3)19(24)22-9-11-27-12-10-22/h5-8,16H,4,9-14H2,1-3H3. The summed E-state index contributed by atoms with van der Waals surface area (Å²) in [5, 5.41) is 0. The highest BCUT2D eigenvalue weighted by Crippen LogP contribution is 2.25. The number of ether oxygens (including phenoxy) is 2. The normalized spacial score (nSPS) is 16.3. The van der Waals surface area contributed by atoms with Crippen molar-refractivity contribution in [2.24, 2.45) is 5.92 Å². The number of nitrogens with zero attached hydrogens (tertiary/aromatic N) is 1. The quantitative estimate of drug-likeness (QED) is 0.583. The average molecular weight is 430 g/mol. The molecule has 162 valence electrons. The third-order valence-electron chi connectivity index (χ3n) is 5.03. The van der Waals surface area contributed by atoms with Crippen LogP contribution < -0.4 is 0 Å². The second-order valence-corrected chi connectivity index (χ2v) is 10.1. The van der Waals surface area contributed by atoms with Gasteiger partial charge < -0.3 is 14.4 Å². The molecule has 0 saturated carbocycles. The molecule has 0 aliphatic carbocycles. The Morgan fingerprint density at radius 1 is 1.21 bits per heavy atom. The van der Waals surface area contributed by atoms with Crippen LogP contribution in [0.25, 0.3) is 0 Å². The highest BCUT2D eigenvalue weighted by atomic mass is 32.2. The van der Waals surface area contributed by atoms with E-state index in [2.05, 4.69) is 0 Å². The second kappa shape index (κ2) is 9.67. The Balaban J connectivity index is 2.22. The van der Waals surface area contributed by atoms with Gasteiger partial charge in [0.15, 0.2) is 9.84 Å². The maximum Gasteiger partial charge on any atom is 0.310 e. The maximum absolute atomic E-state index is 13.2. The molecule has 9 heteroatoms. The molecular formula is C20H28FNO6S.